The number of carbonyl (C=O) groups is 1. The van der Waals surface area contributed by atoms with Crippen LogP contribution >= 0.6 is 63.7 Å². The molecule has 0 aromatic heterocycles. The Balaban J connectivity index is 2.52. The summed E-state index contributed by atoms with van der Waals surface area (Å²) in [6.07, 6.45) is 0.786. The molecule has 112 valence electrons. The number of allylic oxidation sites excluding steroid dienone is 2. The van der Waals surface area contributed by atoms with Crippen molar-refractivity contribution < 1.29 is 4.79 Å². The standard InChI is InChI=1S/C15H13Br4NO/c1-14(18)8-10(16)11(17)12(15(14,2)19)20-13(21)9-6-4-3-5-7-9/h3-7H,8H2,1-2H3. The summed E-state index contributed by atoms with van der Waals surface area (Å²) in [7, 11) is 0. The third kappa shape index (κ3) is 3.43. The lowest BCUT2D eigenvalue weighted by atomic mass is 9.83. The first kappa shape index (κ1) is 17.6. The van der Waals surface area contributed by atoms with Crippen molar-refractivity contribution in [2.24, 2.45) is 4.99 Å². The topological polar surface area (TPSA) is 29.4 Å². The number of nitrogens with zero attached hydrogens (tertiary/aromatic N) is 1. The molecule has 0 saturated heterocycles. The molecule has 0 saturated carbocycles. The number of hydrogen-bond donors (Lipinski definition) is 0. The maximum Gasteiger partial charge on any atom is 0.277 e. The van der Waals surface area contributed by atoms with E-state index >= 15 is 0 Å². The van der Waals surface area contributed by atoms with Gasteiger partial charge in [0.15, 0.2) is 0 Å². The molecule has 21 heavy (non-hydrogen) atoms. The lowest BCUT2D eigenvalue weighted by molar-refractivity contribution is 0.100. The molecule has 1 aromatic rings. The zero-order valence-electron chi connectivity index (χ0n) is 11.5. The Kier molecular flexibility index (Phi) is 5.34. The Morgan fingerprint density at radius 1 is 1.14 bits per heavy atom. The van der Waals surface area contributed by atoms with Crippen molar-refractivity contribution in [1.29, 1.82) is 0 Å². The molecule has 2 atom stereocenters. The summed E-state index contributed by atoms with van der Waals surface area (Å²) >= 11 is 14.6. The second kappa shape index (κ2) is 6.38. The minimum Gasteiger partial charge on any atom is -0.267 e. The Bertz CT molecular complexity index is 632. The molecule has 6 heteroatoms. The molecule has 2 nitrogen and oxygen atoms in total. The number of aliphatic imine (C=N–C) groups is 1. The van der Waals surface area contributed by atoms with Crippen molar-refractivity contribution in [2.45, 2.75) is 28.9 Å². The Morgan fingerprint density at radius 2 is 1.71 bits per heavy atom. The molecule has 1 amide bonds. The minimum absolute atomic E-state index is 0.251. The van der Waals surface area contributed by atoms with Crippen LogP contribution in [0, 0.1) is 0 Å². The second-order valence-electron chi connectivity index (χ2n) is 5.23. The molecule has 0 spiro atoms. The van der Waals surface area contributed by atoms with Crippen molar-refractivity contribution >= 4 is 75.3 Å². The molecule has 0 heterocycles. The van der Waals surface area contributed by atoms with E-state index < -0.39 is 4.32 Å². The highest BCUT2D eigenvalue weighted by molar-refractivity contribution is 9.15. The van der Waals surface area contributed by atoms with Crippen LogP contribution in [0.1, 0.15) is 30.6 Å². The fourth-order valence-corrected chi connectivity index (χ4v) is 4.93. The third-order valence-electron chi connectivity index (χ3n) is 3.59. The summed E-state index contributed by atoms with van der Waals surface area (Å²) in [5, 5.41) is 0. The van der Waals surface area contributed by atoms with Crippen molar-refractivity contribution in [1.82, 2.24) is 0 Å². The number of halogens is 4. The number of amides is 1. The van der Waals surface area contributed by atoms with Gasteiger partial charge in [-0.05, 0) is 48.3 Å². The van der Waals surface area contributed by atoms with Gasteiger partial charge < -0.3 is 0 Å². The highest BCUT2D eigenvalue weighted by Crippen LogP contribution is 2.51. The maximum atomic E-state index is 12.4. The monoisotopic (exact) mass is 539 g/mol. The largest absolute Gasteiger partial charge is 0.277 e. The number of hydrogen-bond acceptors (Lipinski definition) is 1. The molecular weight excluding hydrogens is 530 g/mol. The number of rotatable bonds is 1. The van der Waals surface area contributed by atoms with E-state index in [-0.39, 0.29) is 10.2 Å². The molecule has 1 aliphatic carbocycles. The average molecular weight is 543 g/mol. The summed E-state index contributed by atoms with van der Waals surface area (Å²) in [6.45, 7) is 4.09. The fraction of sp³-hybridized carbons (Fsp3) is 0.333. The maximum absolute atomic E-state index is 12.4. The Morgan fingerprint density at radius 3 is 2.29 bits per heavy atom. The minimum atomic E-state index is -0.472. The van der Waals surface area contributed by atoms with Gasteiger partial charge in [0.1, 0.15) is 0 Å². The predicted octanol–water partition coefficient (Wildman–Crippen LogP) is 5.98. The van der Waals surface area contributed by atoms with E-state index in [1.165, 1.54) is 0 Å². The number of benzene rings is 1. The van der Waals surface area contributed by atoms with Gasteiger partial charge in [0.25, 0.3) is 5.91 Å². The van der Waals surface area contributed by atoms with E-state index in [1.54, 1.807) is 12.1 Å². The Labute approximate surface area is 158 Å². The summed E-state index contributed by atoms with van der Waals surface area (Å²) in [5.74, 6) is -0.251. The van der Waals surface area contributed by atoms with Crippen molar-refractivity contribution in [3.63, 3.8) is 0 Å². The molecule has 1 aliphatic rings. The fourth-order valence-electron chi connectivity index (χ4n) is 2.02. The van der Waals surface area contributed by atoms with Gasteiger partial charge in [-0.2, -0.15) is 0 Å². The number of carbonyl (C=O) groups excluding carboxylic acids is 1. The highest BCUT2D eigenvalue weighted by Gasteiger charge is 2.50. The van der Waals surface area contributed by atoms with E-state index in [2.05, 4.69) is 75.6 Å². The third-order valence-corrected chi connectivity index (χ3v) is 8.51. The molecule has 0 bridgehead atoms. The number of alkyl halides is 2. The smallest absolute Gasteiger partial charge is 0.267 e. The van der Waals surface area contributed by atoms with Crippen LogP contribution < -0.4 is 0 Å². The summed E-state index contributed by atoms with van der Waals surface area (Å²) in [5.41, 5.74) is 1.25. The second-order valence-corrected chi connectivity index (χ2v) is 10.3. The van der Waals surface area contributed by atoms with E-state index in [4.69, 9.17) is 0 Å². The van der Waals surface area contributed by atoms with Gasteiger partial charge in [-0.15, -0.1) is 0 Å². The van der Waals surface area contributed by atoms with E-state index in [9.17, 15) is 4.79 Å². The molecule has 1 aromatic carbocycles. The van der Waals surface area contributed by atoms with Crippen LogP contribution in [0.3, 0.4) is 0 Å². The highest BCUT2D eigenvalue weighted by atomic mass is 79.9. The van der Waals surface area contributed by atoms with Gasteiger partial charge in [0.2, 0.25) is 0 Å². The lowest BCUT2D eigenvalue weighted by Crippen LogP contribution is -2.50. The first-order chi connectivity index (χ1) is 9.67. The normalized spacial score (nSPS) is 31.6. The molecule has 2 unspecified atom stereocenters. The quantitative estimate of drug-likeness (QED) is 0.402. The van der Waals surface area contributed by atoms with Gasteiger partial charge >= 0.3 is 0 Å². The van der Waals surface area contributed by atoms with Crippen LogP contribution in [-0.2, 0) is 0 Å². The van der Waals surface area contributed by atoms with Crippen molar-refractivity contribution in [3.8, 4) is 0 Å². The summed E-state index contributed by atoms with van der Waals surface area (Å²) in [6, 6.07) is 9.07. The van der Waals surface area contributed by atoms with Gasteiger partial charge in [0.05, 0.1) is 14.5 Å². The lowest BCUT2D eigenvalue weighted by Gasteiger charge is -2.42. The van der Waals surface area contributed by atoms with Gasteiger partial charge in [-0.1, -0.05) is 66.0 Å². The van der Waals surface area contributed by atoms with E-state index in [0.717, 1.165) is 15.4 Å². The van der Waals surface area contributed by atoms with Crippen molar-refractivity contribution in [2.75, 3.05) is 0 Å². The average Bonchev–Trinajstić information content (AvgIpc) is 2.42. The molecule has 0 radical (unpaired) electrons. The zero-order chi connectivity index (χ0) is 15.8. The van der Waals surface area contributed by atoms with Crippen LogP contribution in [0.25, 0.3) is 0 Å². The van der Waals surface area contributed by atoms with Gasteiger partial charge in [-0.3, -0.25) is 4.79 Å². The predicted molar refractivity (Wildman–Crippen MR) is 102 cm³/mol. The summed E-state index contributed by atoms with van der Waals surface area (Å²) < 4.78 is 1.08. The summed E-state index contributed by atoms with van der Waals surface area (Å²) in [4.78, 5) is 16.7. The molecular formula is C15H13Br4NO. The first-order valence-corrected chi connectivity index (χ1v) is 9.45. The van der Waals surface area contributed by atoms with Gasteiger partial charge in [-0.25, -0.2) is 4.99 Å². The van der Waals surface area contributed by atoms with E-state index in [1.807, 2.05) is 25.1 Å². The van der Waals surface area contributed by atoms with Crippen LogP contribution in [-0.4, -0.2) is 20.3 Å². The van der Waals surface area contributed by atoms with E-state index in [0.29, 0.717) is 11.3 Å². The van der Waals surface area contributed by atoms with Crippen LogP contribution in [0.4, 0.5) is 0 Å². The molecule has 2 rings (SSSR count). The van der Waals surface area contributed by atoms with Crippen LogP contribution in [0.5, 0.6) is 0 Å². The zero-order valence-corrected chi connectivity index (χ0v) is 17.8. The van der Waals surface area contributed by atoms with Crippen molar-refractivity contribution in [3.05, 3.63) is 44.9 Å². The molecule has 0 fully saturated rings. The Hall–Kier alpha value is 0.220. The molecule has 0 N–H and O–H groups in total. The van der Waals surface area contributed by atoms with Crippen LogP contribution in [0.15, 0.2) is 44.3 Å². The van der Waals surface area contributed by atoms with Gasteiger partial charge in [0, 0.05) is 14.4 Å². The SMILES string of the molecule is CC1(Br)CC(Br)=C(Br)C(=NC(=O)c2ccccc2)C1(C)Br. The molecule has 0 aliphatic heterocycles. The first-order valence-electron chi connectivity index (χ1n) is 6.28. The van der Waals surface area contributed by atoms with Crippen LogP contribution in [0.2, 0.25) is 0 Å².